The van der Waals surface area contributed by atoms with Crippen molar-refractivity contribution in [3.63, 3.8) is 0 Å². The van der Waals surface area contributed by atoms with Gasteiger partial charge in [-0.2, -0.15) is 0 Å². The molecule has 0 radical (unpaired) electrons. The molecule has 20 heavy (non-hydrogen) atoms. The molecule has 0 aromatic heterocycles. The Morgan fingerprint density at radius 2 is 1.80 bits per heavy atom. The van der Waals surface area contributed by atoms with Crippen LogP contribution in [0.15, 0.2) is 12.1 Å². The molecule has 0 aliphatic carbocycles. The molecule has 112 valence electrons. The number of aryl methyl sites for hydroxylation is 3. The quantitative estimate of drug-likeness (QED) is 0.918. The lowest BCUT2D eigenvalue weighted by Crippen LogP contribution is -2.55. The Kier molecular flexibility index (Phi) is 4.84. The summed E-state index contributed by atoms with van der Waals surface area (Å²) in [5.41, 5.74) is 11.7. The van der Waals surface area contributed by atoms with Crippen LogP contribution in [0.4, 0.5) is 0 Å². The van der Waals surface area contributed by atoms with E-state index in [1.54, 1.807) is 0 Å². The van der Waals surface area contributed by atoms with Gasteiger partial charge in [0.15, 0.2) is 0 Å². The van der Waals surface area contributed by atoms with E-state index in [1.807, 2.05) is 0 Å². The summed E-state index contributed by atoms with van der Waals surface area (Å²) in [6.07, 6.45) is 0. The first-order chi connectivity index (χ1) is 9.43. The number of piperazine rings is 1. The molecule has 1 aliphatic heterocycles. The lowest BCUT2D eigenvalue weighted by molar-refractivity contribution is 0.0617. The van der Waals surface area contributed by atoms with Gasteiger partial charge < -0.3 is 10.6 Å². The molecule has 0 bridgehead atoms. The predicted octanol–water partition coefficient (Wildman–Crippen LogP) is 2.25. The molecule has 1 aliphatic rings. The van der Waals surface area contributed by atoms with E-state index in [2.05, 4.69) is 56.7 Å². The first kappa shape index (κ1) is 15.5. The zero-order valence-electron chi connectivity index (χ0n) is 13.6. The highest BCUT2D eigenvalue weighted by molar-refractivity contribution is 5.39. The summed E-state index contributed by atoms with van der Waals surface area (Å²) in [6.45, 7) is 13.0. The Morgan fingerprint density at radius 1 is 1.20 bits per heavy atom. The monoisotopic (exact) mass is 275 g/mol. The van der Waals surface area contributed by atoms with Crippen LogP contribution in [0.5, 0.6) is 0 Å². The third-order valence-corrected chi connectivity index (χ3v) is 4.66. The number of likely N-dealkylation sites (N-methyl/N-ethyl adjacent to an activating group) is 1. The van der Waals surface area contributed by atoms with Crippen molar-refractivity contribution in [2.24, 2.45) is 5.73 Å². The van der Waals surface area contributed by atoms with Gasteiger partial charge in [-0.05, 0) is 51.4 Å². The second-order valence-electron chi connectivity index (χ2n) is 6.38. The standard InChI is InChI=1S/C17H29N3/c1-12-8-13(2)17(14(3)9-12)15(4)20-7-6-19(5)11-16(20)10-18/h8-9,15-16H,6-7,10-11,18H2,1-5H3. The predicted molar refractivity (Wildman–Crippen MR) is 86.1 cm³/mol. The van der Waals surface area contributed by atoms with Gasteiger partial charge in [-0.25, -0.2) is 0 Å². The van der Waals surface area contributed by atoms with Gasteiger partial charge in [0.1, 0.15) is 0 Å². The van der Waals surface area contributed by atoms with Crippen molar-refractivity contribution in [3.05, 3.63) is 34.4 Å². The number of hydrogen-bond donors (Lipinski definition) is 1. The maximum Gasteiger partial charge on any atom is 0.0352 e. The lowest BCUT2D eigenvalue weighted by Gasteiger charge is -2.43. The van der Waals surface area contributed by atoms with Gasteiger partial charge in [0.05, 0.1) is 0 Å². The van der Waals surface area contributed by atoms with E-state index in [4.69, 9.17) is 5.73 Å². The molecule has 2 N–H and O–H groups in total. The molecule has 1 aromatic rings. The molecule has 3 nitrogen and oxygen atoms in total. The van der Waals surface area contributed by atoms with Gasteiger partial charge in [0, 0.05) is 38.3 Å². The van der Waals surface area contributed by atoms with Crippen molar-refractivity contribution in [2.45, 2.75) is 39.8 Å². The second kappa shape index (κ2) is 6.25. The summed E-state index contributed by atoms with van der Waals surface area (Å²) in [7, 11) is 2.19. The number of nitrogens with zero attached hydrogens (tertiary/aromatic N) is 2. The summed E-state index contributed by atoms with van der Waals surface area (Å²) in [4.78, 5) is 4.97. The van der Waals surface area contributed by atoms with E-state index in [-0.39, 0.29) is 0 Å². The van der Waals surface area contributed by atoms with Crippen molar-refractivity contribution < 1.29 is 0 Å². The molecule has 2 rings (SSSR count). The minimum Gasteiger partial charge on any atom is -0.329 e. The van der Waals surface area contributed by atoms with E-state index in [0.29, 0.717) is 12.1 Å². The van der Waals surface area contributed by atoms with Crippen LogP contribution in [0.3, 0.4) is 0 Å². The SMILES string of the molecule is Cc1cc(C)c(C(C)N2CCN(C)CC2CN)c(C)c1. The first-order valence-electron chi connectivity index (χ1n) is 7.66. The first-order valence-corrected chi connectivity index (χ1v) is 7.66. The summed E-state index contributed by atoms with van der Waals surface area (Å²) in [5.74, 6) is 0. The Morgan fingerprint density at radius 3 is 2.35 bits per heavy atom. The lowest BCUT2D eigenvalue weighted by atomic mass is 9.92. The molecule has 1 aromatic carbocycles. The van der Waals surface area contributed by atoms with Gasteiger partial charge in [-0.3, -0.25) is 4.90 Å². The van der Waals surface area contributed by atoms with Gasteiger partial charge in [0.2, 0.25) is 0 Å². The average molecular weight is 275 g/mol. The topological polar surface area (TPSA) is 32.5 Å². The van der Waals surface area contributed by atoms with E-state index in [1.165, 1.54) is 22.3 Å². The number of nitrogens with two attached hydrogens (primary N) is 1. The van der Waals surface area contributed by atoms with Crippen molar-refractivity contribution in [2.75, 3.05) is 33.2 Å². The smallest absolute Gasteiger partial charge is 0.0352 e. The highest BCUT2D eigenvalue weighted by Gasteiger charge is 2.29. The van der Waals surface area contributed by atoms with E-state index in [9.17, 15) is 0 Å². The third-order valence-electron chi connectivity index (χ3n) is 4.66. The van der Waals surface area contributed by atoms with Crippen LogP contribution in [0.2, 0.25) is 0 Å². The second-order valence-corrected chi connectivity index (χ2v) is 6.38. The number of rotatable bonds is 3. The van der Waals surface area contributed by atoms with Crippen LogP contribution in [0.1, 0.15) is 35.2 Å². The minimum atomic E-state index is 0.442. The summed E-state index contributed by atoms with van der Waals surface area (Å²) >= 11 is 0. The molecule has 0 amide bonds. The maximum absolute atomic E-state index is 6.00. The molecule has 3 heteroatoms. The fourth-order valence-electron chi connectivity index (χ4n) is 3.76. The highest BCUT2D eigenvalue weighted by atomic mass is 15.3. The van der Waals surface area contributed by atoms with Crippen LogP contribution in [-0.4, -0.2) is 49.1 Å². The zero-order valence-corrected chi connectivity index (χ0v) is 13.6. The minimum absolute atomic E-state index is 0.442. The number of hydrogen-bond acceptors (Lipinski definition) is 3. The molecule has 1 saturated heterocycles. The third kappa shape index (κ3) is 3.05. The highest BCUT2D eigenvalue weighted by Crippen LogP contribution is 2.30. The molecule has 0 spiro atoms. The molecule has 0 saturated carbocycles. The Bertz CT molecular complexity index is 446. The molecular weight excluding hydrogens is 246 g/mol. The molecule has 1 fully saturated rings. The Labute approximate surface area is 123 Å². The zero-order chi connectivity index (χ0) is 14.9. The molecule has 1 heterocycles. The molecule has 2 atom stereocenters. The van der Waals surface area contributed by atoms with Crippen LogP contribution in [0, 0.1) is 20.8 Å². The Hall–Kier alpha value is -0.900. The van der Waals surface area contributed by atoms with Crippen LogP contribution in [0.25, 0.3) is 0 Å². The average Bonchev–Trinajstić information content (AvgIpc) is 2.37. The van der Waals surface area contributed by atoms with Crippen LogP contribution < -0.4 is 5.73 Å². The largest absolute Gasteiger partial charge is 0.329 e. The fourth-order valence-corrected chi connectivity index (χ4v) is 3.76. The summed E-state index contributed by atoms with van der Waals surface area (Å²) in [5, 5.41) is 0. The van der Waals surface area contributed by atoms with E-state index < -0.39 is 0 Å². The van der Waals surface area contributed by atoms with Gasteiger partial charge >= 0.3 is 0 Å². The van der Waals surface area contributed by atoms with Crippen molar-refractivity contribution in [1.82, 2.24) is 9.80 Å². The summed E-state index contributed by atoms with van der Waals surface area (Å²) in [6, 6.07) is 5.50. The van der Waals surface area contributed by atoms with Gasteiger partial charge in [-0.1, -0.05) is 17.7 Å². The molecular formula is C17H29N3. The Balaban J connectivity index is 2.28. The maximum atomic E-state index is 6.00. The van der Waals surface area contributed by atoms with Crippen molar-refractivity contribution in [3.8, 4) is 0 Å². The van der Waals surface area contributed by atoms with E-state index >= 15 is 0 Å². The molecule has 2 unspecified atom stereocenters. The normalized spacial score (nSPS) is 23.0. The van der Waals surface area contributed by atoms with Crippen LogP contribution in [-0.2, 0) is 0 Å². The van der Waals surface area contributed by atoms with E-state index in [0.717, 1.165) is 26.2 Å². The van der Waals surface area contributed by atoms with Crippen molar-refractivity contribution >= 4 is 0 Å². The van der Waals surface area contributed by atoms with Gasteiger partial charge in [0.25, 0.3) is 0 Å². The van der Waals surface area contributed by atoms with Gasteiger partial charge in [-0.15, -0.1) is 0 Å². The van der Waals surface area contributed by atoms with Crippen molar-refractivity contribution in [1.29, 1.82) is 0 Å². The fraction of sp³-hybridized carbons (Fsp3) is 0.647. The van der Waals surface area contributed by atoms with Crippen LogP contribution >= 0.6 is 0 Å². The summed E-state index contributed by atoms with van der Waals surface area (Å²) < 4.78 is 0. The number of benzene rings is 1.